The number of pyridine rings is 1. The zero-order valence-corrected chi connectivity index (χ0v) is 13.3. The largest absolute Gasteiger partial charge is 0.408 e. The van der Waals surface area contributed by atoms with Gasteiger partial charge in [0.05, 0.1) is 2.74 Å². The molecule has 6 nitrogen and oxygen atoms in total. The molecule has 24 heavy (non-hydrogen) atoms. The van der Waals surface area contributed by atoms with E-state index in [4.69, 9.17) is 18.5 Å². The van der Waals surface area contributed by atoms with Gasteiger partial charge in [-0.25, -0.2) is 4.98 Å². The lowest BCUT2D eigenvalue weighted by Gasteiger charge is -2.18. The Hall–Kier alpha value is -2.16. The topological polar surface area (TPSA) is 75.6 Å². The molecule has 0 unspecified atom stereocenters. The second-order valence-electron chi connectivity index (χ2n) is 4.81. The zero-order valence-electron chi connectivity index (χ0n) is 17.5. The molecule has 0 aliphatic rings. The van der Waals surface area contributed by atoms with E-state index in [0.717, 1.165) is 0 Å². The fraction of sp³-hybridized carbons (Fsp3) is 0.429. The number of nitrogens with one attached hydrogen (secondary N) is 2. The second-order valence-corrected chi connectivity index (χ2v) is 5.20. The Morgan fingerprint density at radius 2 is 1.88 bits per heavy atom. The average molecular weight is 366 g/mol. The molecule has 2 rings (SSSR count). The molecule has 0 saturated carbocycles. The third-order valence-electron chi connectivity index (χ3n) is 2.47. The van der Waals surface area contributed by atoms with Gasteiger partial charge in [0.15, 0.2) is 5.82 Å². The minimum absolute atomic E-state index is 0.0167. The van der Waals surface area contributed by atoms with E-state index in [9.17, 15) is 13.2 Å². The highest BCUT2D eigenvalue weighted by Crippen LogP contribution is 2.24. The molecule has 2 aromatic heterocycles. The fourth-order valence-electron chi connectivity index (χ4n) is 1.52. The number of halogens is 4. The standard InChI is InChI=1S/C14H16ClF3N6/c1-7(2)19-12-22-11(9-5-4-6-10(15)21-9)23-13(24-12)20-8(3)14(16,17)18/h4-8H,1-3H3,(H2,19,20,22,23,24)/t8-/m1/s1/i3D3,5D,7D. The summed E-state index contributed by atoms with van der Waals surface area (Å²) in [6.45, 7) is -0.585. The Kier molecular flexibility index (Phi) is 3.65. The molecule has 0 saturated heterocycles. The molecular formula is C14H16ClF3N6. The molecule has 2 N–H and O–H groups in total. The van der Waals surface area contributed by atoms with Crippen molar-refractivity contribution < 1.29 is 20.0 Å². The van der Waals surface area contributed by atoms with Crippen molar-refractivity contribution in [2.45, 2.75) is 38.9 Å². The summed E-state index contributed by atoms with van der Waals surface area (Å²) in [4.78, 5) is 15.4. The highest BCUT2D eigenvalue weighted by molar-refractivity contribution is 6.29. The lowest BCUT2D eigenvalue weighted by molar-refractivity contribution is -0.138. The summed E-state index contributed by atoms with van der Waals surface area (Å²) in [6, 6.07) is -1.84. The predicted molar refractivity (Wildman–Crippen MR) is 86.0 cm³/mol. The Balaban J connectivity index is 2.59. The van der Waals surface area contributed by atoms with Crippen molar-refractivity contribution in [2.24, 2.45) is 0 Å². The van der Waals surface area contributed by atoms with Crippen LogP contribution in [0.3, 0.4) is 0 Å². The molecule has 0 fully saturated rings. The first kappa shape index (κ1) is 12.2. The van der Waals surface area contributed by atoms with Gasteiger partial charge in [-0.2, -0.15) is 28.1 Å². The normalized spacial score (nSPS) is 17.0. The lowest BCUT2D eigenvalue weighted by Crippen LogP contribution is -2.34. The zero-order chi connectivity index (χ0) is 22.2. The summed E-state index contributed by atoms with van der Waals surface area (Å²) in [5.74, 6) is -1.36. The van der Waals surface area contributed by atoms with E-state index in [1.165, 1.54) is 26.0 Å². The van der Waals surface area contributed by atoms with Crippen LogP contribution in [-0.2, 0) is 0 Å². The fourth-order valence-corrected chi connectivity index (χ4v) is 1.66. The average Bonchev–Trinajstić information content (AvgIpc) is 2.51. The van der Waals surface area contributed by atoms with E-state index in [-0.39, 0.29) is 28.7 Å². The molecule has 0 spiro atoms. The van der Waals surface area contributed by atoms with Crippen LogP contribution in [0, 0.1) is 0 Å². The molecule has 0 aromatic carbocycles. The molecule has 2 heterocycles. The predicted octanol–water partition coefficient (Wildman–Crippen LogP) is 3.77. The van der Waals surface area contributed by atoms with Crippen molar-refractivity contribution in [1.82, 2.24) is 19.9 Å². The van der Waals surface area contributed by atoms with Gasteiger partial charge >= 0.3 is 6.18 Å². The van der Waals surface area contributed by atoms with Crippen LogP contribution in [-0.4, -0.2) is 38.2 Å². The van der Waals surface area contributed by atoms with Gasteiger partial charge in [0.1, 0.15) is 16.9 Å². The SMILES string of the molecule is [2H]c1ccc(Cl)nc1-c1nc(N[C@H](C([2H])([2H])[2H])C(F)(F)F)nc(NC([2H])(C)C)n1. The van der Waals surface area contributed by atoms with Gasteiger partial charge in [0.25, 0.3) is 0 Å². The Labute approximate surface area is 148 Å². The molecule has 0 aliphatic heterocycles. The second kappa shape index (κ2) is 7.16. The van der Waals surface area contributed by atoms with Gasteiger partial charge in [0.2, 0.25) is 11.9 Å². The van der Waals surface area contributed by atoms with Crippen LogP contribution in [0.15, 0.2) is 18.2 Å². The maximum absolute atomic E-state index is 13.2. The van der Waals surface area contributed by atoms with Crippen LogP contribution in [0.2, 0.25) is 5.15 Å². The third kappa shape index (κ3) is 4.92. The summed E-state index contributed by atoms with van der Waals surface area (Å²) in [5, 5.41) is 4.28. The van der Waals surface area contributed by atoms with Crippen LogP contribution < -0.4 is 10.6 Å². The molecule has 0 radical (unpaired) electrons. The summed E-state index contributed by atoms with van der Waals surface area (Å²) in [7, 11) is 0. The highest BCUT2D eigenvalue weighted by Gasteiger charge is 2.36. The molecule has 0 amide bonds. The number of aromatic nitrogens is 4. The van der Waals surface area contributed by atoms with Crippen molar-refractivity contribution in [3.8, 4) is 11.5 Å². The van der Waals surface area contributed by atoms with E-state index in [0.29, 0.717) is 0 Å². The van der Waals surface area contributed by atoms with Crippen LogP contribution in [0.25, 0.3) is 11.5 Å². The molecule has 130 valence electrons. The van der Waals surface area contributed by atoms with E-state index in [1.807, 2.05) is 0 Å². The highest BCUT2D eigenvalue weighted by atomic mass is 35.5. The van der Waals surface area contributed by atoms with Gasteiger partial charge < -0.3 is 10.6 Å². The van der Waals surface area contributed by atoms with Crippen LogP contribution in [0.5, 0.6) is 0 Å². The van der Waals surface area contributed by atoms with Gasteiger partial charge in [-0.1, -0.05) is 17.7 Å². The van der Waals surface area contributed by atoms with Crippen molar-refractivity contribution >= 4 is 23.5 Å². The minimum Gasteiger partial charge on any atom is -0.352 e. The Bertz CT molecular complexity index is 874. The van der Waals surface area contributed by atoms with Crippen LogP contribution >= 0.6 is 11.6 Å². The summed E-state index contributed by atoms with van der Waals surface area (Å²) < 4.78 is 76.8. The van der Waals surface area contributed by atoms with Crippen molar-refractivity contribution in [2.75, 3.05) is 10.6 Å². The van der Waals surface area contributed by atoms with Gasteiger partial charge in [0, 0.05) is 10.1 Å². The lowest BCUT2D eigenvalue weighted by atomic mass is 10.3. The van der Waals surface area contributed by atoms with Crippen molar-refractivity contribution in [3.63, 3.8) is 0 Å². The molecule has 2 aromatic rings. The van der Waals surface area contributed by atoms with Gasteiger partial charge in [-0.15, -0.1) is 0 Å². The number of hydrogen-bond donors (Lipinski definition) is 2. The van der Waals surface area contributed by atoms with E-state index in [2.05, 4.69) is 25.3 Å². The number of rotatable bonds is 5. The first-order chi connectivity index (χ1) is 13.1. The smallest absolute Gasteiger partial charge is 0.352 e. The van der Waals surface area contributed by atoms with Crippen LogP contribution in [0.1, 0.15) is 27.6 Å². The monoisotopic (exact) mass is 365 g/mol. The number of anilines is 2. The number of alkyl halides is 3. The quantitative estimate of drug-likeness (QED) is 0.785. The molecular weight excluding hydrogens is 345 g/mol. The maximum atomic E-state index is 13.2. The summed E-state index contributed by atoms with van der Waals surface area (Å²) in [6.07, 6.45) is -5.13. The number of hydrogen-bond acceptors (Lipinski definition) is 6. The summed E-state index contributed by atoms with van der Waals surface area (Å²) >= 11 is 5.81. The van der Waals surface area contributed by atoms with E-state index < -0.39 is 31.0 Å². The molecule has 10 heteroatoms. The molecule has 0 bridgehead atoms. The maximum Gasteiger partial charge on any atom is 0.408 e. The van der Waals surface area contributed by atoms with Gasteiger partial charge in [-0.05, 0) is 32.8 Å². The number of nitrogens with zero attached hydrogens (tertiary/aromatic N) is 4. The first-order valence-corrected chi connectivity index (χ1v) is 6.95. The molecule has 0 aliphatic carbocycles. The van der Waals surface area contributed by atoms with E-state index >= 15 is 0 Å². The molecule has 1 atom stereocenters. The van der Waals surface area contributed by atoms with E-state index in [1.54, 1.807) is 5.32 Å². The Morgan fingerprint density at radius 3 is 2.46 bits per heavy atom. The minimum atomic E-state index is -5.13. The third-order valence-corrected chi connectivity index (χ3v) is 2.68. The first-order valence-electron chi connectivity index (χ1n) is 9.07. The van der Waals surface area contributed by atoms with Crippen molar-refractivity contribution in [3.05, 3.63) is 23.3 Å². The van der Waals surface area contributed by atoms with Crippen LogP contribution in [0.4, 0.5) is 25.1 Å². The van der Waals surface area contributed by atoms with Crippen molar-refractivity contribution in [1.29, 1.82) is 0 Å². The Morgan fingerprint density at radius 1 is 1.21 bits per heavy atom. The van der Waals surface area contributed by atoms with Gasteiger partial charge in [-0.3, -0.25) is 0 Å². The summed E-state index contributed by atoms with van der Waals surface area (Å²) in [5.41, 5.74) is -0.161.